The zero-order valence-corrected chi connectivity index (χ0v) is 14.0. The summed E-state index contributed by atoms with van der Waals surface area (Å²) in [5.41, 5.74) is 2.58. The minimum Gasteiger partial charge on any atom is -0.387 e. The predicted molar refractivity (Wildman–Crippen MR) is 93.3 cm³/mol. The maximum absolute atomic E-state index is 5.52. The summed E-state index contributed by atoms with van der Waals surface area (Å²) in [5.74, 6) is 1.72. The zero-order valence-electron chi connectivity index (χ0n) is 14.0. The van der Waals surface area contributed by atoms with E-state index in [1.165, 1.54) is 0 Å². The van der Waals surface area contributed by atoms with Crippen LogP contribution in [0.2, 0.25) is 0 Å². The van der Waals surface area contributed by atoms with Gasteiger partial charge in [-0.15, -0.1) is 0 Å². The molecule has 2 aromatic heterocycles. The molecule has 4 rings (SSSR count). The second kappa shape index (κ2) is 6.35. The number of hydrogen-bond acceptors (Lipinski definition) is 7. The van der Waals surface area contributed by atoms with Gasteiger partial charge in [-0.2, -0.15) is 4.98 Å². The van der Waals surface area contributed by atoms with E-state index in [1.54, 1.807) is 6.20 Å². The summed E-state index contributed by atoms with van der Waals surface area (Å²) in [6.07, 6.45) is 2.21. The maximum atomic E-state index is 5.52. The van der Waals surface area contributed by atoms with Crippen molar-refractivity contribution in [2.45, 2.75) is 12.5 Å². The van der Waals surface area contributed by atoms with Gasteiger partial charge in [0, 0.05) is 32.3 Å². The molecule has 0 bridgehead atoms. The fourth-order valence-corrected chi connectivity index (χ4v) is 2.61. The molecule has 1 aliphatic rings. The molecule has 3 heterocycles. The predicted octanol–water partition coefficient (Wildman–Crippen LogP) is 3.06. The van der Waals surface area contributed by atoms with Gasteiger partial charge in [-0.25, -0.2) is 4.98 Å². The lowest BCUT2D eigenvalue weighted by Crippen LogP contribution is -2.10. The van der Waals surface area contributed by atoms with Gasteiger partial charge in [-0.1, -0.05) is 40.6 Å². The first-order chi connectivity index (χ1) is 12.2. The monoisotopic (exact) mass is 335 g/mol. The number of rotatable bonds is 4. The summed E-state index contributed by atoms with van der Waals surface area (Å²) in [7, 11) is 3.87. The van der Waals surface area contributed by atoms with Gasteiger partial charge in [0.05, 0.1) is 0 Å². The molecule has 0 spiro atoms. The van der Waals surface area contributed by atoms with Crippen molar-refractivity contribution in [2.75, 3.05) is 19.0 Å². The van der Waals surface area contributed by atoms with Gasteiger partial charge < -0.3 is 14.3 Å². The first kappa shape index (κ1) is 15.3. The fourth-order valence-electron chi connectivity index (χ4n) is 2.61. The van der Waals surface area contributed by atoms with E-state index in [2.05, 4.69) is 20.3 Å². The number of pyridine rings is 1. The molecule has 0 fully saturated rings. The van der Waals surface area contributed by atoms with Crippen molar-refractivity contribution in [3.8, 4) is 11.4 Å². The van der Waals surface area contributed by atoms with Gasteiger partial charge in [0.1, 0.15) is 11.5 Å². The number of benzene rings is 1. The Kier molecular flexibility index (Phi) is 3.89. The van der Waals surface area contributed by atoms with Crippen LogP contribution in [0.5, 0.6) is 0 Å². The first-order valence-electron chi connectivity index (χ1n) is 7.96. The third-order valence-corrected chi connectivity index (χ3v) is 3.98. The number of aromatic nitrogens is 3. The Labute approximate surface area is 144 Å². The summed E-state index contributed by atoms with van der Waals surface area (Å²) < 4.78 is 5.38. The lowest BCUT2D eigenvalue weighted by molar-refractivity contribution is 0.0857. The molecule has 1 atom stereocenters. The third kappa shape index (κ3) is 3.08. The summed E-state index contributed by atoms with van der Waals surface area (Å²) in [4.78, 5) is 16.2. The van der Waals surface area contributed by atoms with Crippen LogP contribution in [0.3, 0.4) is 0 Å². The molecule has 0 N–H and O–H groups in total. The highest BCUT2D eigenvalue weighted by Gasteiger charge is 2.27. The largest absolute Gasteiger partial charge is 0.387 e. The Hall–Kier alpha value is -3.22. The molecule has 1 aliphatic heterocycles. The smallest absolute Gasteiger partial charge is 0.276 e. The van der Waals surface area contributed by atoms with Gasteiger partial charge in [0.15, 0.2) is 6.10 Å². The molecule has 0 saturated heterocycles. The van der Waals surface area contributed by atoms with Crippen LogP contribution in [0.25, 0.3) is 11.4 Å². The van der Waals surface area contributed by atoms with E-state index >= 15 is 0 Å². The average Bonchev–Trinajstić information content (AvgIpc) is 3.32. The van der Waals surface area contributed by atoms with Crippen LogP contribution in [0.4, 0.5) is 5.82 Å². The highest BCUT2D eigenvalue weighted by molar-refractivity contribution is 5.97. The van der Waals surface area contributed by atoms with Crippen molar-refractivity contribution in [3.63, 3.8) is 0 Å². The van der Waals surface area contributed by atoms with Crippen LogP contribution >= 0.6 is 0 Å². The van der Waals surface area contributed by atoms with Crippen molar-refractivity contribution < 1.29 is 9.36 Å². The molecule has 0 radical (unpaired) electrons. The number of oxime groups is 1. The molecular formula is C18H17N5O2. The zero-order chi connectivity index (χ0) is 17.2. The van der Waals surface area contributed by atoms with E-state index < -0.39 is 0 Å². The molecule has 0 saturated carbocycles. The van der Waals surface area contributed by atoms with E-state index in [0.29, 0.717) is 23.8 Å². The van der Waals surface area contributed by atoms with Gasteiger partial charge in [-0.3, -0.25) is 0 Å². The standard InChI is InChI=1S/C18H17N5O2/c1-23(2)16-10-13(8-9-19-16)17-20-18(25-22-17)14-11-15(24-21-14)12-6-4-3-5-7-12/h3-10,15H,11H2,1-2H3. The molecule has 7 heteroatoms. The normalized spacial score (nSPS) is 16.4. The van der Waals surface area contributed by atoms with Gasteiger partial charge in [0.2, 0.25) is 5.82 Å². The molecular weight excluding hydrogens is 318 g/mol. The number of hydrogen-bond donors (Lipinski definition) is 0. The Morgan fingerprint density at radius 2 is 1.96 bits per heavy atom. The molecule has 3 aromatic rings. The first-order valence-corrected chi connectivity index (χ1v) is 7.96. The van der Waals surface area contributed by atoms with Crippen LogP contribution in [0.1, 0.15) is 24.0 Å². The number of anilines is 1. The summed E-state index contributed by atoms with van der Waals surface area (Å²) in [6.45, 7) is 0. The van der Waals surface area contributed by atoms with Crippen LogP contribution in [0.15, 0.2) is 58.3 Å². The fraction of sp³-hybridized carbons (Fsp3) is 0.222. The minimum atomic E-state index is -0.118. The van der Waals surface area contributed by atoms with Gasteiger partial charge in [-0.05, 0) is 17.7 Å². The second-order valence-corrected chi connectivity index (χ2v) is 5.97. The third-order valence-electron chi connectivity index (χ3n) is 3.98. The minimum absolute atomic E-state index is 0.118. The number of nitrogens with zero attached hydrogens (tertiary/aromatic N) is 5. The quantitative estimate of drug-likeness (QED) is 0.729. The Balaban J connectivity index is 1.53. The second-order valence-electron chi connectivity index (χ2n) is 5.97. The van der Waals surface area contributed by atoms with E-state index in [-0.39, 0.29) is 6.10 Å². The molecule has 1 unspecified atom stereocenters. The summed E-state index contributed by atoms with van der Waals surface area (Å²) >= 11 is 0. The highest BCUT2D eigenvalue weighted by Crippen LogP contribution is 2.29. The molecule has 25 heavy (non-hydrogen) atoms. The Morgan fingerprint density at radius 1 is 1.12 bits per heavy atom. The van der Waals surface area contributed by atoms with Crippen molar-refractivity contribution in [1.82, 2.24) is 15.1 Å². The Bertz CT molecular complexity index is 905. The van der Waals surface area contributed by atoms with Gasteiger partial charge in [0.25, 0.3) is 5.89 Å². The molecule has 0 amide bonds. The maximum Gasteiger partial charge on any atom is 0.276 e. The molecule has 0 aliphatic carbocycles. The summed E-state index contributed by atoms with van der Waals surface area (Å²) in [6, 6.07) is 13.7. The van der Waals surface area contributed by atoms with Crippen LogP contribution < -0.4 is 4.90 Å². The molecule has 126 valence electrons. The molecule has 1 aromatic carbocycles. The van der Waals surface area contributed by atoms with Crippen molar-refractivity contribution in [2.24, 2.45) is 5.16 Å². The van der Waals surface area contributed by atoms with Crippen molar-refractivity contribution in [3.05, 3.63) is 60.1 Å². The average molecular weight is 335 g/mol. The summed E-state index contributed by atoms with van der Waals surface area (Å²) in [5, 5.41) is 8.18. The van der Waals surface area contributed by atoms with Crippen molar-refractivity contribution >= 4 is 11.5 Å². The van der Waals surface area contributed by atoms with Crippen LogP contribution in [-0.4, -0.2) is 34.9 Å². The van der Waals surface area contributed by atoms with E-state index in [9.17, 15) is 0 Å². The Morgan fingerprint density at radius 3 is 2.76 bits per heavy atom. The highest BCUT2D eigenvalue weighted by atomic mass is 16.6. The van der Waals surface area contributed by atoms with E-state index in [4.69, 9.17) is 9.36 Å². The van der Waals surface area contributed by atoms with E-state index in [1.807, 2.05) is 61.5 Å². The van der Waals surface area contributed by atoms with Gasteiger partial charge >= 0.3 is 0 Å². The molecule has 7 nitrogen and oxygen atoms in total. The topological polar surface area (TPSA) is 76.6 Å². The van der Waals surface area contributed by atoms with Crippen molar-refractivity contribution in [1.29, 1.82) is 0 Å². The van der Waals surface area contributed by atoms with Crippen LogP contribution in [-0.2, 0) is 4.84 Å². The van der Waals surface area contributed by atoms with Crippen LogP contribution in [0, 0.1) is 0 Å². The SMILES string of the molecule is CN(C)c1cc(-c2noc(C3=NOC(c4ccccc4)C3)n2)ccn1. The lowest BCUT2D eigenvalue weighted by atomic mass is 10.0. The van der Waals surface area contributed by atoms with E-state index in [0.717, 1.165) is 16.9 Å². The lowest BCUT2D eigenvalue weighted by Gasteiger charge is -2.10.